The molecule has 1 saturated heterocycles. The van der Waals surface area contributed by atoms with Crippen LogP contribution >= 0.6 is 0 Å². The fourth-order valence-corrected chi connectivity index (χ4v) is 3.90. The van der Waals surface area contributed by atoms with Crippen molar-refractivity contribution in [3.05, 3.63) is 47.5 Å². The van der Waals surface area contributed by atoms with Crippen molar-refractivity contribution in [3.8, 4) is 23.0 Å². The lowest BCUT2D eigenvalue weighted by atomic mass is 9.87. The molecule has 2 aromatic rings. The molecular weight excluding hydrogens is 479 g/mol. The summed E-state index contributed by atoms with van der Waals surface area (Å²) in [5, 5.41) is 1.70. The van der Waals surface area contributed by atoms with Crippen molar-refractivity contribution in [2.24, 2.45) is 5.41 Å². The quantitative estimate of drug-likeness (QED) is 0.374. The van der Waals surface area contributed by atoms with Crippen molar-refractivity contribution in [3.63, 3.8) is 0 Å². The van der Waals surface area contributed by atoms with E-state index in [9.17, 15) is 18.0 Å². The van der Waals surface area contributed by atoms with E-state index in [1.54, 1.807) is 5.06 Å². The first-order valence-electron chi connectivity index (χ1n) is 11.7. The zero-order chi connectivity index (χ0) is 26.1. The maximum Gasteiger partial charge on any atom is 0.330 e. The fraction of sp³-hybridized carbons (Fsp3) is 0.500. The predicted octanol–water partition coefficient (Wildman–Crippen LogP) is 5.87. The molecule has 0 N–H and O–H groups in total. The van der Waals surface area contributed by atoms with Crippen LogP contribution in [0.5, 0.6) is 23.0 Å². The Morgan fingerprint density at radius 3 is 2.06 bits per heavy atom. The van der Waals surface area contributed by atoms with E-state index in [-0.39, 0.29) is 41.5 Å². The molecule has 0 spiro atoms. The number of hydrogen-bond acceptors (Lipinski definition) is 7. The van der Waals surface area contributed by atoms with Gasteiger partial charge in [0.05, 0.1) is 5.41 Å². The molecule has 0 unspecified atom stereocenters. The number of piperidine rings is 1. The van der Waals surface area contributed by atoms with Gasteiger partial charge in [0.2, 0.25) is 26.3 Å². The third kappa shape index (κ3) is 7.19. The molecule has 0 aliphatic carbocycles. The van der Waals surface area contributed by atoms with Crippen molar-refractivity contribution >= 4 is 5.97 Å². The molecule has 0 bridgehead atoms. The molecular formula is C26H32F3NO6. The third-order valence-corrected chi connectivity index (χ3v) is 5.78. The summed E-state index contributed by atoms with van der Waals surface area (Å²) in [5.41, 5.74) is 1.37. The molecule has 0 saturated carbocycles. The van der Waals surface area contributed by atoms with Crippen LogP contribution in [0.4, 0.5) is 13.2 Å². The van der Waals surface area contributed by atoms with Gasteiger partial charge in [-0.3, -0.25) is 0 Å². The van der Waals surface area contributed by atoms with Crippen LogP contribution in [0, 0.1) is 5.41 Å². The number of ether oxygens (including phenoxy) is 4. The van der Waals surface area contributed by atoms with E-state index in [4.69, 9.17) is 23.8 Å². The SMILES string of the molecule is CC(C)(C)C(=O)ON1CCC(c2ccccc2COc2c(OCF)cc(OCF)cc2OCF)CC1. The molecule has 2 aromatic carbocycles. The van der Waals surface area contributed by atoms with Gasteiger partial charge in [-0.05, 0) is 50.7 Å². The molecule has 1 aliphatic heterocycles. The number of hydrogen-bond donors (Lipinski definition) is 0. The first-order valence-corrected chi connectivity index (χ1v) is 11.7. The largest absolute Gasteiger partial charge is 0.482 e. The van der Waals surface area contributed by atoms with Crippen molar-refractivity contribution < 1.29 is 41.8 Å². The van der Waals surface area contributed by atoms with E-state index in [0.29, 0.717) is 13.1 Å². The first-order chi connectivity index (χ1) is 17.3. The number of benzene rings is 2. The van der Waals surface area contributed by atoms with Crippen molar-refractivity contribution in [2.75, 3.05) is 33.7 Å². The van der Waals surface area contributed by atoms with Gasteiger partial charge in [0.15, 0.2) is 11.5 Å². The third-order valence-electron chi connectivity index (χ3n) is 5.78. The van der Waals surface area contributed by atoms with Crippen LogP contribution in [0.25, 0.3) is 0 Å². The molecule has 0 aromatic heterocycles. The second-order valence-corrected chi connectivity index (χ2v) is 9.33. The number of rotatable bonds is 11. The number of carbonyl (C=O) groups excluding carboxylic acids is 1. The summed E-state index contributed by atoms with van der Waals surface area (Å²) in [6, 6.07) is 10.2. The highest BCUT2D eigenvalue weighted by molar-refractivity contribution is 5.75. The maximum atomic E-state index is 13.0. The molecule has 1 heterocycles. The number of carbonyl (C=O) groups is 1. The summed E-state index contributed by atoms with van der Waals surface area (Å²) < 4.78 is 59.3. The van der Waals surface area contributed by atoms with Crippen LogP contribution in [-0.4, -0.2) is 44.7 Å². The summed E-state index contributed by atoms with van der Waals surface area (Å²) >= 11 is 0. The Kier molecular flexibility index (Phi) is 9.69. The molecule has 198 valence electrons. The molecule has 7 nitrogen and oxygen atoms in total. The first kappa shape index (κ1) is 27.4. The zero-order valence-corrected chi connectivity index (χ0v) is 20.7. The van der Waals surface area contributed by atoms with E-state index in [0.717, 1.165) is 24.0 Å². The lowest BCUT2D eigenvalue weighted by molar-refractivity contribution is -0.204. The summed E-state index contributed by atoms with van der Waals surface area (Å²) in [7, 11) is 0. The van der Waals surface area contributed by atoms with Crippen molar-refractivity contribution in [1.82, 2.24) is 5.06 Å². The molecule has 1 aliphatic rings. The second-order valence-electron chi connectivity index (χ2n) is 9.33. The van der Waals surface area contributed by atoms with Gasteiger partial charge >= 0.3 is 5.97 Å². The van der Waals surface area contributed by atoms with Crippen LogP contribution in [0.3, 0.4) is 0 Å². The summed E-state index contributed by atoms with van der Waals surface area (Å²) in [6.45, 7) is 3.21. The minimum Gasteiger partial charge on any atom is -0.482 e. The van der Waals surface area contributed by atoms with Crippen LogP contribution < -0.4 is 18.9 Å². The van der Waals surface area contributed by atoms with E-state index in [2.05, 4.69) is 0 Å². The summed E-state index contributed by atoms with van der Waals surface area (Å²) in [5.74, 6) is -0.295. The topological polar surface area (TPSA) is 66.5 Å². The van der Waals surface area contributed by atoms with Gasteiger partial charge in [-0.2, -0.15) is 0 Å². The number of alkyl halides is 3. The molecule has 0 radical (unpaired) electrons. The average molecular weight is 512 g/mol. The normalized spacial score (nSPS) is 14.8. The Morgan fingerprint density at radius 2 is 1.50 bits per heavy atom. The Balaban J connectivity index is 1.74. The molecule has 10 heteroatoms. The van der Waals surface area contributed by atoms with Crippen LogP contribution in [-0.2, 0) is 16.2 Å². The average Bonchev–Trinajstić information content (AvgIpc) is 2.84. The highest BCUT2D eigenvalue weighted by Gasteiger charge is 2.29. The van der Waals surface area contributed by atoms with Crippen molar-refractivity contribution in [2.45, 2.75) is 46.1 Å². The minimum absolute atomic E-state index is 0.0175. The van der Waals surface area contributed by atoms with Gasteiger partial charge in [0, 0.05) is 25.2 Å². The van der Waals surface area contributed by atoms with Gasteiger partial charge < -0.3 is 23.8 Å². The Hall–Kier alpha value is -3.14. The number of hydroxylamine groups is 2. The van der Waals surface area contributed by atoms with Gasteiger partial charge in [0.25, 0.3) is 0 Å². The van der Waals surface area contributed by atoms with Gasteiger partial charge in [-0.25, -0.2) is 18.0 Å². The summed E-state index contributed by atoms with van der Waals surface area (Å²) in [6.07, 6.45) is 1.55. The molecule has 1 fully saturated rings. The van der Waals surface area contributed by atoms with E-state index >= 15 is 0 Å². The zero-order valence-electron chi connectivity index (χ0n) is 20.7. The maximum absolute atomic E-state index is 13.0. The number of halogens is 3. The van der Waals surface area contributed by atoms with E-state index in [1.165, 1.54) is 12.1 Å². The highest BCUT2D eigenvalue weighted by Crippen LogP contribution is 2.42. The van der Waals surface area contributed by atoms with Crippen LogP contribution in [0.15, 0.2) is 36.4 Å². The van der Waals surface area contributed by atoms with Crippen molar-refractivity contribution in [1.29, 1.82) is 0 Å². The predicted molar refractivity (Wildman–Crippen MR) is 126 cm³/mol. The molecule has 36 heavy (non-hydrogen) atoms. The standard InChI is InChI=1S/C26H32F3NO6/c1-26(2,3)25(31)36-30-10-8-18(9-11-30)21-7-5-4-6-19(21)14-32-24-22(34-16-28)12-20(33-15-27)13-23(24)35-17-29/h4-7,12-13,18H,8-11,14-17H2,1-3H3. The monoisotopic (exact) mass is 511 g/mol. The Morgan fingerprint density at radius 1 is 0.917 bits per heavy atom. The second kappa shape index (κ2) is 12.7. The van der Waals surface area contributed by atoms with Gasteiger partial charge in [-0.1, -0.05) is 24.3 Å². The van der Waals surface area contributed by atoms with E-state index in [1.807, 2.05) is 45.0 Å². The van der Waals surface area contributed by atoms with Gasteiger partial charge in [-0.15, -0.1) is 5.06 Å². The van der Waals surface area contributed by atoms with Crippen LogP contribution in [0.2, 0.25) is 0 Å². The highest BCUT2D eigenvalue weighted by atomic mass is 19.1. The summed E-state index contributed by atoms with van der Waals surface area (Å²) in [4.78, 5) is 17.7. The minimum atomic E-state index is -1.18. The lowest BCUT2D eigenvalue weighted by Crippen LogP contribution is -2.38. The molecule has 0 atom stereocenters. The molecule has 0 amide bonds. The fourth-order valence-electron chi connectivity index (χ4n) is 3.90. The van der Waals surface area contributed by atoms with Gasteiger partial charge in [0.1, 0.15) is 12.4 Å². The number of nitrogens with zero attached hydrogens (tertiary/aromatic N) is 1. The Labute approximate surface area is 209 Å². The van der Waals surface area contributed by atoms with E-state index < -0.39 is 26.0 Å². The molecule has 3 rings (SSSR count). The van der Waals surface area contributed by atoms with Crippen LogP contribution in [0.1, 0.15) is 50.7 Å². The lowest BCUT2D eigenvalue weighted by Gasteiger charge is -2.33. The Bertz CT molecular complexity index is 978. The smallest absolute Gasteiger partial charge is 0.330 e.